The van der Waals surface area contributed by atoms with Crippen LogP contribution in [0.25, 0.3) is 0 Å². The van der Waals surface area contributed by atoms with E-state index < -0.39 is 30.0 Å². The molecule has 0 radical (unpaired) electrons. The number of anilines is 1. The van der Waals surface area contributed by atoms with Crippen molar-refractivity contribution in [3.8, 4) is 0 Å². The number of allylic oxidation sites excluding steroid dienone is 3. The molecule has 2 aromatic carbocycles. The zero-order chi connectivity index (χ0) is 28.0. The average Bonchev–Trinajstić information content (AvgIpc) is 2.88. The minimum Gasteiger partial charge on any atom is -0.492 e. The van der Waals surface area contributed by atoms with Gasteiger partial charge < -0.3 is 10.1 Å². The number of ether oxygens (including phenoxy) is 1. The Kier molecular flexibility index (Phi) is 9.94. The molecule has 4 rings (SSSR count). The van der Waals surface area contributed by atoms with E-state index in [-0.39, 0.29) is 12.1 Å². The van der Waals surface area contributed by atoms with Gasteiger partial charge in [-0.1, -0.05) is 65.5 Å². The molecule has 39 heavy (non-hydrogen) atoms. The van der Waals surface area contributed by atoms with Gasteiger partial charge in [0.2, 0.25) is 0 Å². The zero-order valence-electron chi connectivity index (χ0n) is 21.0. The third-order valence-electron chi connectivity index (χ3n) is 6.12. The van der Waals surface area contributed by atoms with Crippen molar-refractivity contribution in [1.82, 2.24) is 0 Å². The van der Waals surface area contributed by atoms with E-state index in [1.54, 1.807) is 17.8 Å². The molecule has 0 saturated carbocycles. The SMILES string of the molecule is O=S(=O)(O)c1ccc(S(=O)(=O)O)c(N=C2CC3=C(C=C2OCCCCCCCCBr)Nc2ccccc2S3)c1. The highest BCUT2D eigenvalue weighted by molar-refractivity contribution is 9.09. The first-order chi connectivity index (χ1) is 18.6. The Morgan fingerprint density at radius 3 is 2.38 bits per heavy atom. The summed E-state index contributed by atoms with van der Waals surface area (Å²) in [5.74, 6) is 0.416. The molecule has 0 bridgehead atoms. The third kappa shape index (κ3) is 7.95. The average molecular weight is 658 g/mol. The number of fused-ring (bicyclic) bond motifs is 1. The molecule has 9 nitrogen and oxygen atoms in total. The lowest BCUT2D eigenvalue weighted by atomic mass is 10.1. The van der Waals surface area contributed by atoms with E-state index >= 15 is 0 Å². The maximum atomic E-state index is 12.0. The van der Waals surface area contributed by atoms with Gasteiger partial charge in [0.25, 0.3) is 20.2 Å². The summed E-state index contributed by atoms with van der Waals surface area (Å²) in [5, 5.41) is 4.41. The number of hydrogen-bond donors (Lipinski definition) is 3. The summed E-state index contributed by atoms with van der Waals surface area (Å²) in [6, 6.07) is 10.5. The largest absolute Gasteiger partial charge is 0.492 e. The zero-order valence-corrected chi connectivity index (χ0v) is 25.0. The summed E-state index contributed by atoms with van der Waals surface area (Å²) in [7, 11) is -9.38. The lowest BCUT2D eigenvalue weighted by Crippen LogP contribution is -2.18. The standard InChI is InChI=1S/C26H29BrN2O7S3/c27-13-7-3-1-2-4-8-14-36-23-16-21-25(37-24-10-6-5-9-19(24)28-21)17-20(23)29-22-15-18(38(30,31)32)11-12-26(22)39(33,34)35/h5-6,9-12,15-16,28H,1-4,7-8,13-14,17H2,(H,30,31,32)(H,33,34,35). The highest BCUT2D eigenvalue weighted by atomic mass is 79.9. The smallest absolute Gasteiger partial charge is 0.296 e. The lowest BCUT2D eigenvalue weighted by molar-refractivity contribution is 0.222. The van der Waals surface area contributed by atoms with Gasteiger partial charge in [0.15, 0.2) is 0 Å². The van der Waals surface area contributed by atoms with Gasteiger partial charge >= 0.3 is 0 Å². The summed E-state index contributed by atoms with van der Waals surface area (Å²) in [6.45, 7) is 0.422. The molecule has 2 aromatic rings. The maximum Gasteiger partial charge on any atom is 0.296 e. The van der Waals surface area contributed by atoms with Crippen LogP contribution in [0.1, 0.15) is 44.9 Å². The van der Waals surface area contributed by atoms with Crippen LogP contribution < -0.4 is 5.32 Å². The molecule has 2 aliphatic rings. The summed E-state index contributed by atoms with van der Waals surface area (Å²) in [4.78, 5) is 5.28. The number of hydrogen-bond acceptors (Lipinski definition) is 8. The second kappa shape index (κ2) is 13.0. The molecule has 3 N–H and O–H groups in total. The van der Waals surface area contributed by atoms with E-state index in [0.29, 0.717) is 18.1 Å². The fraction of sp³-hybridized carbons (Fsp3) is 0.346. The Bertz CT molecular complexity index is 1530. The second-order valence-corrected chi connectivity index (χ2v) is 13.8. The Balaban J connectivity index is 1.64. The lowest BCUT2D eigenvalue weighted by Gasteiger charge is -2.27. The number of nitrogens with one attached hydrogen (secondary N) is 1. The molecule has 1 aliphatic carbocycles. The fourth-order valence-electron chi connectivity index (χ4n) is 4.18. The number of benzene rings is 2. The second-order valence-electron chi connectivity index (χ2n) is 9.04. The van der Waals surface area contributed by atoms with E-state index in [2.05, 4.69) is 26.2 Å². The van der Waals surface area contributed by atoms with Crippen molar-refractivity contribution in [3.05, 3.63) is 64.9 Å². The molecule has 1 heterocycles. The first-order valence-electron chi connectivity index (χ1n) is 12.4. The van der Waals surface area contributed by atoms with E-state index in [1.165, 1.54) is 6.42 Å². The number of nitrogens with zero attached hydrogens (tertiary/aromatic N) is 1. The topological polar surface area (TPSA) is 142 Å². The molecule has 0 amide bonds. The molecular weight excluding hydrogens is 628 g/mol. The Morgan fingerprint density at radius 1 is 0.949 bits per heavy atom. The van der Waals surface area contributed by atoms with E-state index in [0.717, 1.165) is 76.8 Å². The van der Waals surface area contributed by atoms with Crippen molar-refractivity contribution >= 4 is 65.0 Å². The van der Waals surface area contributed by atoms with Crippen molar-refractivity contribution in [2.75, 3.05) is 17.3 Å². The van der Waals surface area contributed by atoms with Crippen LogP contribution in [-0.4, -0.2) is 43.6 Å². The molecule has 13 heteroatoms. The van der Waals surface area contributed by atoms with Gasteiger partial charge in [0.05, 0.1) is 34.3 Å². The maximum absolute atomic E-state index is 12.0. The van der Waals surface area contributed by atoms with Gasteiger partial charge in [-0.25, -0.2) is 4.99 Å². The number of halogens is 1. The highest BCUT2D eigenvalue weighted by Crippen LogP contribution is 2.44. The molecule has 0 aromatic heterocycles. The Hall–Kier alpha value is -2.16. The van der Waals surface area contributed by atoms with Crippen LogP contribution in [0, 0.1) is 0 Å². The number of aliphatic imine (C=N–C) groups is 1. The van der Waals surface area contributed by atoms with Gasteiger partial charge in [-0.15, -0.1) is 0 Å². The van der Waals surface area contributed by atoms with Gasteiger partial charge in [0.1, 0.15) is 10.7 Å². The first kappa shape index (κ1) is 29.8. The predicted octanol–water partition coefficient (Wildman–Crippen LogP) is 6.72. The van der Waals surface area contributed by atoms with Gasteiger partial charge in [0, 0.05) is 27.6 Å². The van der Waals surface area contributed by atoms with Crippen LogP contribution in [0.4, 0.5) is 11.4 Å². The van der Waals surface area contributed by atoms with Crippen LogP contribution >= 0.6 is 27.7 Å². The van der Waals surface area contributed by atoms with Crippen LogP contribution in [0.15, 0.2) is 84.6 Å². The monoisotopic (exact) mass is 656 g/mol. The highest BCUT2D eigenvalue weighted by Gasteiger charge is 2.27. The van der Waals surface area contributed by atoms with Gasteiger partial charge in [-0.2, -0.15) is 16.8 Å². The number of unbranched alkanes of at least 4 members (excludes halogenated alkanes) is 5. The minimum absolute atomic E-state index is 0.279. The van der Waals surface area contributed by atoms with Crippen molar-refractivity contribution < 1.29 is 30.7 Å². The fourth-order valence-corrected chi connectivity index (χ4v) is 6.75. The predicted molar refractivity (Wildman–Crippen MR) is 156 cm³/mol. The van der Waals surface area contributed by atoms with Crippen molar-refractivity contribution in [3.63, 3.8) is 0 Å². The first-order valence-corrected chi connectivity index (χ1v) is 17.2. The molecule has 1 aliphatic heterocycles. The number of rotatable bonds is 12. The molecule has 210 valence electrons. The quantitative estimate of drug-likeness (QED) is 0.129. The molecule has 0 fully saturated rings. The summed E-state index contributed by atoms with van der Waals surface area (Å²) in [6.07, 6.45) is 8.48. The van der Waals surface area contributed by atoms with Crippen LogP contribution in [0.2, 0.25) is 0 Å². The van der Waals surface area contributed by atoms with Crippen molar-refractivity contribution in [2.24, 2.45) is 4.99 Å². The van der Waals surface area contributed by atoms with Crippen LogP contribution in [0.3, 0.4) is 0 Å². The van der Waals surface area contributed by atoms with E-state index in [4.69, 9.17) is 4.74 Å². The normalized spacial score (nSPS) is 16.4. The molecule has 0 spiro atoms. The van der Waals surface area contributed by atoms with Crippen molar-refractivity contribution in [2.45, 2.75) is 59.6 Å². The van der Waals surface area contributed by atoms with E-state index in [1.807, 2.05) is 24.3 Å². The number of alkyl halides is 1. The Morgan fingerprint density at radius 2 is 1.67 bits per heavy atom. The van der Waals surface area contributed by atoms with Crippen LogP contribution in [-0.2, 0) is 25.0 Å². The minimum atomic E-state index is -4.74. The van der Waals surface area contributed by atoms with Gasteiger partial charge in [-0.3, -0.25) is 9.11 Å². The summed E-state index contributed by atoms with van der Waals surface area (Å²) >= 11 is 4.99. The summed E-state index contributed by atoms with van der Waals surface area (Å²) in [5.41, 5.74) is 1.85. The summed E-state index contributed by atoms with van der Waals surface area (Å²) < 4.78 is 72.9. The number of thioether (sulfide) groups is 1. The molecular formula is C26H29BrN2O7S3. The molecule has 0 saturated heterocycles. The van der Waals surface area contributed by atoms with Crippen LogP contribution in [0.5, 0.6) is 0 Å². The van der Waals surface area contributed by atoms with Gasteiger partial charge in [-0.05, 0) is 43.2 Å². The van der Waals surface area contributed by atoms with Crippen molar-refractivity contribution in [1.29, 1.82) is 0 Å². The number of para-hydroxylation sites is 1. The third-order valence-corrected chi connectivity index (χ3v) is 9.62. The molecule has 0 unspecified atom stereocenters. The Labute approximate surface area is 241 Å². The molecule has 0 atom stereocenters. The van der Waals surface area contributed by atoms with E-state index in [9.17, 15) is 25.9 Å².